The van der Waals surface area contributed by atoms with Gasteiger partial charge in [-0.25, -0.2) is 4.98 Å². The maximum atomic E-state index is 12.8. The molecule has 0 unspecified atom stereocenters. The minimum Gasteiger partial charge on any atom is -0.493 e. The molecular weight excluding hydrogens is 478 g/mol. The molecule has 0 bridgehead atoms. The molecule has 0 spiro atoms. The van der Waals surface area contributed by atoms with Crippen LogP contribution in [0.1, 0.15) is 18.4 Å². The van der Waals surface area contributed by atoms with Gasteiger partial charge in [0, 0.05) is 13.0 Å². The molecule has 3 aromatic rings. The number of amides is 2. The summed E-state index contributed by atoms with van der Waals surface area (Å²) in [7, 11) is 3.13. The van der Waals surface area contributed by atoms with Gasteiger partial charge >= 0.3 is 0 Å². The van der Waals surface area contributed by atoms with E-state index in [0.29, 0.717) is 38.8 Å². The number of ether oxygens (including phenoxy) is 2. The normalized spacial score (nSPS) is 14.8. The van der Waals surface area contributed by atoms with Crippen molar-refractivity contribution in [3.63, 3.8) is 0 Å². The van der Waals surface area contributed by atoms with Crippen LogP contribution in [-0.2, 0) is 9.59 Å². The lowest BCUT2D eigenvalue weighted by Crippen LogP contribution is -2.29. The second-order valence-electron chi connectivity index (χ2n) is 7.09. The largest absolute Gasteiger partial charge is 0.493 e. The van der Waals surface area contributed by atoms with E-state index >= 15 is 0 Å². The fourth-order valence-corrected chi connectivity index (χ4v) is 5.48. The first-order valence-corrected chi connectivity index (χ1v) is 12.2. The molecule has 0 radical (unpaired) electrons. The Morgan fingerprint density at radius 2 is 1.97 bits per heavy atom. The molecular formula is C23H21N3O4S3. The molecule has 1 N–H and O–H groups in total. The van der Waals surface area contributed by atoms with Crippen molar-refractivity contribution in [1.29, 1.82) is 0 Å². The Hall–Kier alpha value is -2.95. The second-order valence-corrected chi connectivity index (χ2v) is 9.79. The minimum atomic E-state index is -0.161. The van der Waals surface area contributed by atoms with Crippen LogP contribution in [0.2, 0.25) is 0 Å². The van der Waals surface area contributed by atoms with E-state index in [9.17, 15) is 9.59 Å². The van der Waals surface area contributed by atoms with Crippen molar-refractivity contribution in [3.8, 4) is 11.5 Å². The van der Waals surface area contributed by atoms with E-state index in [1.165, 1.54) is 28.0 Å². The number of hydrogen-bond donors (Lipinski definition) is 1. The molecule has 1 aromatic heterocycles. The lowest BCUT2D eigenvalue weighted by molar-refractivity contribution is -0.122. The Labute approximate surface area is 204 Å². The molecule has 2 aromatic carbocycles. The van der Waals surface area contributed by atoms with Gasteiger partial charge in [0.15, 0.2) is 16.6 Å². The summed E-state index contributed by atoms with van der Waals surface area (Å²) in [5.74, 6) is 0.902. The van der Waals surface area contributed by atoms with Crippen LogP contribution >= 0.6 is 35.3 Å². The Morgan fingerprint density at radius 1 is 1.18 bits per heavy atom. The standard InChI is InChI=1S/C23H21N3O4S3/c1-29-16-10-9-14(12-17(16)30-2)13-19-21(28)26(23(31)33-19)11-5-8-20(27)25-22-24-15-6-3-4-7-18(15)32-22/h3-4,6-7,9-10,12-13H,5,8,11H2,1-2H3,(H,24,25,27)/b19-13+. The van der Waals surface area contributed by atoms with E-state index in [-0.39, 0.29) is 18.2 Å². The number of para-hydroxylation sites is 1. The number of fused-ring (bicyclic) bond motifs is 1. The SMILES string of the molecule is COc1ccc(/C=C2/SC(=S)N(CCCC(=O)Nc3nc4ccccc4s3)C2=O)cc1OC. The zero-order chi connectivity index (χ0) is 23.4. The Bertz CT molecular complexity index is 1220. The number of thiazole rings is 1. The van der Waals surface area contributed by atoms with E-state index in [1.54, 1.807) is 32.4 Å². The highest BCUT2D eigenvalue weighted by atomic mass is 32.2. The molecule has 0 saturated carbocycles. The van der Waals surface area contributed by atoms with Crippen molar-refractivity contribution in [2.45, 2.75) is 12.8 Å². The molecule has 1 aliphatic rings. The van der Waals surface area contributed by atoms with Crippen LogP contribution in [0.5, 0.6) is 11.5 Å². The third-order valence-corrected chi connectivity index (χ3v) is 7.23. The lowest BCUT2D eigenvalue weighted by atomic mass is 10.2. The number of carbonyl (C=O) groups is 2. The highest BCUT2D eigenvalue weighted by molar-refractivity contribution is 8.26. The van der Waals surface area contributed by atoms with Gasteiger partial charge in [-0.3, -0.25) is 14.5 Å². The Balaban J connectivity index is 1.33. The summed E-state index contributed by atoms with van der Waals surface area (Å²) < 4.78 is 12.1. The number of thiocarbonyl (C=S) groups is 1. The number of rotatable bonds is 8. The molecule has 2 amide bonds. The van der Waals surface area contributed by atoms with Gasteiger partial charge in [-0.1, -0.05) is 53.5 Å². The average Bonchev–Trinajstić information content (AvgIpc) is 3.33. The van der Waals surface area contributed by atoms with Crippen molar-refractivity contribution in [3.05, 3.63) is 52.9 Å². The van der Waals surface area contributed by atoms with Gasteiger partial charge in [-0.05, 0) is 42.3 Å². The molecule has 33 heavy (non-hydrogen) atoms. The number of nitrogens with zero attached hydrogens (tertiary/aromatic N) is 2. The summed E-state index contributed by atoms with van der Waals surface area (Å²) in [6, 6.07) is 13.2. The monoisotopic (exact) mass is 499 g/mol. The molecule has 1 saturated heterocycles. The number of benzene rings is 2. The fraction of sp³-hybridized carbons (Fsp3) is 0.217. The van der Waals surface area contributed by atoms with E-state index in [2.05, 4.69) is 10.3 Å². The van der Waals surface area contributed by atoms with Gasteiger partial charge in [-0.15, -0.1) is 0 Å². The zero-order valence-electron chi connectivity index (χ0n) is 18.0. The zero-order valence-corrected chi connectivity index (χ0v) is 20.4. The molecule has 7 nitrogen and oxygen atoms in total. The number of hydrogen-bond acceptors (Lipinski definition) is 8. The molecule has 1 fully saturated rings. The fourth-order valence-electron chi connectivity index (χ4n) is 3.29. The van der Waals surface area contributed by atoms with Crippen molar-refractivity contribution in [1.82, 2.24) is 9.88 Å². The summed E-state index contributed by atoms with van der Waals surface area (Å²) in [6.45, 7) is 0.376. The molecule has 10 heteroatoms. The maximum absolute atomic E-state index is 12.8. The van der Waals surface area contributed by atoms with Crippen LogP contribution in [0.4, 0.5) is 5.13 Å². The van der Waals surface area contributed by atoms with Crippen molar-refractivity contribution in [2.75, 3.05) is 26.1 Å². The van der Waals surface area contributed by atoms with Crippen LogP contribution in [0, 0.1) is 0 Å². The van der Waals surface area contributed by atoms with Gasteiger partial charge in [0.25, 0.3) is 5.91 Å². The predicted molar refractivity (Wildman–Crippen MR) is 137 cm³/mol. The van der Waals surface area contributed by atoms with Crippen LogP contribution < -0.4 is 14.8 Å². The Morgan fingerprint density at radius 3 is 2.73 bits per heavy atom. The highest BCUT2D eigenvalue weighted by Crippen LogP contribution is 2.35. The van der Waals surface area contributed by atoms with Crippen molar-refractivity contribution in [2.24, 2.45) is 0 Å². The smallest absolute Gasteiger partial charge is 0.266 e. The van der Waals surface area contributed by atoms with Crippen LogP contribution in [0.25, 0.3) is 16.3 Å². The number of anilines is 1. The van der Waals surface area contributed by atoms with Crippen molar-refractivity contribution >= 4 is 72.9 Å². The third-order valence-electron chi connectivity index (χ3n) is 4.90. The molecule has 2 heterocycles. The lowest BCUT2D eigenvalue weighted by Gasteiger charge is -2.13. The van der Waals surface area contributed by atoms with Gasteiger partial charge in [-0.2, -0.15) is 0 Å². The maximum Gasteiger partial charge on any atom is 0.266 e. The van der Waals surface area contributed by atoms with E-state index < -0.39 is 0 Å². The number of carbonyl (C=O) groups excluding carboxylic acids is 2. The van der Waals surface area contributed by atoms with Crippen LogP contribution in [0.15, 0.2) is 47.4 Å². The first-order valence-electron chi connectivity index (χ1n) is 10.1. The molecule has 170 valence electrons. The quantitative estimate of drug-likeness (QED) is 0.348. The van der Waals surface area contributed by atoms with E-state index in [1.807, 2.05) is 30.3 Å². The predicted octanol–water partition coefficient (Wildman–Crippen LogP) is 4.93. The van der Waals surface area contributed by atoms with Crippen molar-refractivity contribution < 1.29 is 19.1 Å². The summed E-state index contributed by atoms with van der Waals surface area (Å²) in [4.78, 5) is 31.7. The highest BCUT2D eigenvalue weighted by Gasteiger charge is 2.31. The van der Waals surface area contributed by atoms with Gasteiger partial charge in [0.05, 0.1) is 29.3 Å². The van der Waals surface area contributed by atoms with Gasteiger partial charge < -0.3 is 14.8 Å². The van der Waals surface area contributed by atoms with E-state index in [4.69, 9.17) is 21.7 Å². The number of aromatic nitrogens is 1. The van der Waals surface area contributed by atoms with Crippen LogP contribution in [-0.4, -0.2) is 46.8 Å². The number of thioether (sulfide) groups is 1. The summed E-state index contributed by atoms with van der Waals surface area (Å²) in [5, 5.41) is 3.41. The molecule has 1 aliphatic heterocycles. The average molecular weight is 500 g/mol. The first kappa shape index (κ1) is 23.2. The minimum absolute atomic E-state index is 0.139. The summed E-state index contributed by atoms with van der Waals surface area (Å²) >= 11 is 8.08. The summed E-state index contributed by atoms with van der Waals surface area (Å²) in [6.07, 6.45) is 2.54. The second kappa shape index (κ2) is 10.3. The Kier molecular flexibility index (Phi) is 7.26. The van der Waals surface area contributed by atoms with E-state index in [0.717, 1.165) is 15.8 Å². The van der Waals surface area contributed by atoms with Crippen LogP contribution in [0.3, 0.4) is 0 Å². The van der Waals surface area contributed by atoms with Gasteiger partial charge in [0.1, 0.15) is 4.32 Å². The third kappa shape index (κ3) is 5.35. The molecule has 0 atom stereocenters. The van der Waals surface area contributed by atoms with Gasteiger partial charge in [0.2, 0.25) is 5.91 Å². The summed E-state index contributed by atoms with van der Waals surface area (Å²) in [5.41, 5.74) is 1.67. The first-order chi connectivity index (χ1) is 16.0. The number of methoxy groups -OCH3 is 2. The number of nitrogens with one attached hydrogen (secondary N) is 1. The molecule has 4 rings (SSSR count). The molecule has 0 aliphatic carbocycles. The topological polar surface area (TPSA) is 80.8 Å².